The number of nitrogens with one attached hydrogen (secondary N) is 1. The van der Waals surface area contributed by atoms with E-state index in [-0.39, 0.29) is 18.9 Å². The van der Waals surface area contributed by atoms with Crippen molar-refractivity contribution in [1.29, 1.82) is 0 Å². The predicted molar refractivity (Wildman–Crippen MR) is 110 cm³/mol. The zero-order valence-electron chi connectivity index (χ0n) is 16.9. The number of hydrogen-bond acceptors (Lipinski definition) is 7. The van der Waals surface area contributed by atoms with Crippen LogP contribution in [0.1, 0.15) is 27.4 Å². The summed E-state index contributed by atoms with van der Waals surface area (Å²) in [5.74, 6) is 0.664. The van der Waals surface area contributed by atoms with Gasteiger partial charge in [-0.25, -0.2) is 4.98 Å². The van der Waals surface area contributed by atoms with Gasteiger partial charge in [-0.3, -0.25) is 4.79 Å². The predicted octanol–water partition coefficient (Wildman–Crippen LogP) is 3.86. The Bertz CT molecular complexity index is 1060. The topological polar surface area (TPSA) is 97.5 Å². The molecule has 11 heteroatoms. The number of pyridine rings is 1. The van der Waals surface area contributed by atoms with Crippen molar-refractivity contribution in [3.8, 4) is 5.75 Å². The van der Waals surface area contributed by atoms with Gasteiger partial charge in [0, 0.05) is 24.6 Å². The van der Waals surface area contributed by atoms with Gasteiger partial charge in [0.2, 0.25) is 0 Å². The fourth-order valence-corrected chi connectivity index (χ4v) is 3.50. The van der Waals surface area contributed by atoms with Gasteiger partial charge in [0.25, 0.3) is 5.91 Å². The Hall–Kier alpha value is -3.05. The van der Waals surface area contributed by atoms with Gasteiger partial charge in [-0.1, -0.05) is 23.0 Å². The Morgan fingerprint density at radius 1 is 1.28 bits per heavy atom. The Morgan fingerprint density at radius 2 is 2.09 bits per heavy atom. The lowest BCUT2D eigenvalue weighted by Gasteiger charge is -2.15. The molecule has 2 heterocycles. The number of halogens is 3. The van der Waals surface area contributed by atoms with Crippen molar-refractivity contribution in [2.45, 2.75) is 30.0 Å². The highest BCUT2D eigenvalue weighted by atomic mass is 32.2. The molecule has 0 saturated heterocycles. The summed E-state index contributed by atoms with van der Waals surface area (Å²) in [4.78, 5) is 16.8. The smallest absolute Gasteiger partial charge is 0.416 e. The van der Waals surface area contributed by atoms with E-state index in [9.17, 15) is 23.1 Å². The summed E-state index contributed by atoms with van der Waals surface area (Å²) < 4.78 is 48.5. The number of carbonyl (C=O) groups is 1. The number of alkyl halides is 3. The van der Waals surface area contributed by atoms with Gasteiger partial charge in [0.15, 0.2) is 0 Å². The molecular weight excluding hydrogens is 447 g/mol. The third-order valence-electron chi connectivity index (χ3n) is 4.15. The normalized spacial score (nSPS) is 12.4. The van der Waals surface area contributed by atoms with Crippen LogP contribution in [-0.2, 0) is 11.9 Å². The Kier molecular flexibility index (Phi) is 7.75. The second-order valence-electron chi connectivity index (χ2n) is 6.77. The molecule has 2 aromatic heterocycles. The van der Waals surface area contributed by atoms with E-state index in [0.29, 0.717) is 27.8 Å². The number of nitrogens with zero attached hydrogens (tertiary/aromatic N) is 2. The molecule has 32 heavy (non-hydrogen) atoms. The van der Waals surface area contributed by atoms with Gasteiger partial charge in [-0.15, -0.1) is 0 Å². The molecule has 0 aliphatic heterocycles. The summed E-state index contributed by atoms with van der Waals surface area (Å²) in [5.41, 5.74) is 0.190. The van der Waals surface area contributed by atoms with E-state index in [0.717, 1.165) is 12.1 Å². The summed E-state index contributed by atoms with van der Waals surface area (Å²) in [6.45, 7) is 1.34. The molecule has 3 aromatic rings. The Balaban J connectivity index is 1.51. The van der Waals surface area contributed by atoms with Crippen LogP contribution in [0.4, 0.5) is 13.2 Å². The van der Waals surface area contributed by atoms with Crippen molar-refractivity contribution in [3.63, 3.8) is 0 Å². The van der Waals surface area contributed by atoms with Gasteiger partial charge in [0.05, 0.1) is 16.8 Å². The molecule has 0 aliphatic carbocycles. The lowest BCUT2D eigenvalue weighted by Crippen LogP contribution is -2.35. The summed E-state index contributed by atoms with van der Waals surface area (Å²) in [6, 6.07) is 9.36. The lowest BCUT2D eigenvalue weighted by atomic mass is 10.2. The first kappa shape index (κ1) is 23.6. The first-order valence-electron chi connectivity index (χ1n) is 9.48. The van der Waals surface area contributed by atoms with E-state index in [1.807, 2.05) is 0 Å². The second-order valence-corrected chi connectivity index (χ2v) is 7.74. The van der Waals surface area contributed by atoms with Crippen LogP contribution in [-0.4, -0.2) is 40.4 Å². The van der Waals surface area contributed by atoms with Crippen LogP contribution in [0.15, 0.2) is 58.2 Å². The maximum absolute atomic E-state index is 12.8. The van der Waals surface area contributed by atoms with Crippen LogP contribution < -0.4 is 10.1 Å². The Labute approximate surface area is 186 Å². The molecule has 1 unspecified atom stereocenters. The van der Waals surface area contributed by atoms with E-state index >= 15 is 0 Å². The van der Waals surface area contributed by atoms with E-state index in [1.165, 1.54) is 23.9 Å². The van der Waals surface area contributed by atoms with Crippen LogP contribution in [0.25, 0.3) is 0 Å². The first-order chi connectivity index (χ1) is 15.2. The molecule has 1 amide bonds. The molecule has 170 valence electrons. The summed E-state index contributed by atoms with van der Waals surface area (Å²) in [5, 5.41) is 17.0. The standard InChI is InChI=1S/C21H20F3N3O4S/c1-13-8-15(27-31-13)12-32-20-18(6-3-7-25-20)19(29)26-10-16(28)11-30-17-5-2-4-14(9-17)21(22,23)24/h2-9,16,28H,10-12H2,1H3,(H,26,29). The molecule has 0 aliphatic rings. The molecule has 2 N–H and O–H groups in total. The number of amides is 1. The third-order valence-corrected chi connectivity index (χ3v) is 5.19. The molecule has 0 bridgehead atoms. The van der Waals surface area contributed by atoms with Gasteiger partial charge in [-0.2, -0.15) is 13.2 Å². The maximum atomic E-state index is 12.8. The highest BCUT2D eigenvalue weighted by molar-refractivity contribution is 7.98. The quantitative estimate of drug-likeness (QED) is 0.461. The van der Waals surface area contributed by atoms with Gasteiger partial charge in [0.1, 0.15) is 29.2 Å². The van der Waals surface area contributed by atoms with Crippen LogP contribution in [0.3, 0.4) is 0 Å². The average molecular weight is 467 g/mol. The number of aliphatic hydroxyl groups excluding tert-OH is 1. The van der Waals surface area contributed by atoms with Crippen LogP contribution in [0, 0.1) is 6.92 Å². The fraction of sp³-hybridized carbons (Fsp3) is 0.286. The molecule has 0 saturated carbocycles. The number of ether oxygens (including phenoxy) is 1. The largest absolute Gasteiger partial charge is 0.491 e. The monoisotopic (exact) mass is 467 g/mol. The molecule has 1 atom stereocenters. The fourth-order valence-electron chi connectivity index (χ4n) is 2.63. The minimum atomic E-state index is -4.49. The molecule has 0 spiro atoms. The van der Waals surface area contributed by atoms with Crippen LogP contribution in [0.5, 0.6) is 5.75 Å². The molecule has 0 fully saturated rings. The van der Waals surface area contributed by atoms with Gasteiger partial charge < -0.3 is 19.7 Å². The number of hydrogen-bond donors (Lipinski definition) is 2. The molecule has 3 rings (SSSR count). The van der Waals surface area contributed by atoms with Crippen molar-refractivity contribution in [2.75, 3.05) is 13.2 Å². The zero-order chi connectivity index (χ0) is 23.1. The highest BCUT2D eigenvalue weighted by Gasteiger charge is 2.30. The number of aliphatic hydroxyl groups is 1. The molecule has 7 nitrogen and oxygen atoms in total. The summed E-state index contributed by atoms with van der Waals surface area (Å²) in [6.07, 6.45) is -4.05. The maximum Gasteiger partial charge on any atom is 0.416 e. The second kappa shape index (κ2) is 10.5. The van der Waals surface area contributed by atoms with E-state index in [2.05, 4.69) is 15.5 Å². The number of aryl methyl sites for hydroxylation is 1. The van der Waals surface area contributed by atoms with Crippen molar-refractivity contribution in [3.05, 3.63) is 71.2 Å². The SMILES string of the molecule is Cc1cc(CSc2ncccc2C(=O)NCC(O)COc2cccc(C(F)(F)F)c2)no1. The average Bonchev–Trinajstić information content (AvgIpc) is 3.19. The minimum absolute atomic E-state index is 0.0285. The van der Waals surface area contributed by atoms with E-state index in [1.54, 1.807) is 31.3 Å². The van der Waals surface area contributed by atoms with Crippen molar-refractivity contribution in [1.82, 2.24) is 15.5 Å². The van der Waals surface area contributed by atoms with E-state index in [4.69, 9.17) is 9.26 Å². The van der Waals surface area contributed by atoms with Crippen molar-refractivity contribution < 1.29 is 32.3 Å². The summed E-state index contributed by atoms with van der Waals surface area (Å²) >= 11 is 1.31. The number of rotatable bonds is 9. The molecule has 0 radical (unpaired) electrons. The number of carbonyl (C=O) groups excluding carboxylic acids is 1. The highest BCUT2D eigenvalue weighted by Crippen LogP contribution is 2.31. The zero-order valence-corrected chi connectivity index (χ0v) is 17.7. The third kappa shape index (κ3) is 6.72. The molecule has 1 aromatic carbocycles. The lowest BCUT2D eigenvalue weighted by molar-refractivity contribution is -0.137. The van der Waals surface area contributed by atoms with Gasteiger partial charge >= 0.3 is 6.18 Å². The van der Waals surface area contributed by atoms with Crippen LogP contribution >= 0.6 is 11.8 Å². The minimum Gasteiger partial charge on any atom is -0.491 e. The number of benzene rings is 1. The van der Waals surface area contributed by atoms with Crippen molar-refractivity contribution >= 4 is 17.7 Å². The number of aromatic nitrogens is 2. The summed E-state index contributed by atoms with van der Waals surface area (Å²) in [7, 11) is 0. The van der Waals surface area contributed by atoms with E-state index < -0.39 is 23.8 Å². The van der Waals surface area contributed by atoms with Gasteiger partial charge in [-0.05, 0) is 37.3 Å². The first-order valence-corrected chi connectivity index (χ1v) is 10.5. The number of thioether (sulfide) groups is 1. The Morgan fingerprint density at radius 3 is 2.81 bits per heavy atom. The molecular formula is C21H20F3N3O4S. The van der Waals surface area contributed by atoms with Crippen molar-refractivity contribution in [2.24, 2.45) is 0 Å². The van der Waals surface area contributed by atoms with Crippen LogP contribution in [0.2, 0.25) is 0 Å².